The third-order valence-electron chi connectivity index (χ3n) is 3.53. The van der Waals surface area contributed by atoms with E-state index < -0.39 is 0 Å². The number of aromatic nitrogens is 2. The number of piperidine rings is 1. The van der Waals surface area contributed by atoms with E-state index in [1.807, 2.05) is 11.8 Å². The van der Waals surface area contributed by atoms with Crippen molar-refractivity contribution in [3.63, 3.8) is 0 Å². The summed E-state index contributed by atoms with van der Waals surface area (Å²) in [6.07, 6.45) is 1.98. The van der Waals surface area contributed by atoms with E-state index in [-0.39, 0.29) is 5.91 Å². The SMILES string of the molecule is COCCOCC1CCN(C(=O)c2snnc2C)CC1. The maximum Gasteiger partial charge on any atom is 0.267 e. The number of hydrogen-bond donors (Lipinski definition) is 0. The smallest absolute Gasteiger partial charge is 0.267 e. The predicted octanol–water partition coefficient (Wildman–Crippen LogP) is 1.36. The summed E-state index contributed by atoms with van der Waals surface area (Å²) in [7, 11) is 1.67. The topological polar surface area (TPSA) is 64.6 Å². The lowest BCUT2D eigenvalue weighted by atomic mass is 9.97. The lowest BCUT2D eigenvalue weighted by Crippen LogP contribution is -2.39. The highest BCUT2D eigenvalue weighted by molar-refractivity contribution is 7.07. The third-order valence-corrected chi connectivity index (χ3v) is 4.35. The van der Waals surface area contributed by atoms with Gasteiger partial charge in [-0.1, -0.05) is 4.49 Å². The van der Waals surface area contributed by atoms with Gasteiger partial charge in [-0.2, -0.15) is 0 Å². The van der Waals surface area contributed by atoms with Crippen molar-refractivity contribution in [3.05, 3.63) is 10.6 Å². The monoisotopic (exact) mass is 299 g/mol. The number of ether oxygens (including phenoxy) is 2. The number of carbonyl (C=O) groups is 1. The van der Waals surface area contributed by atoms with E-state index in [4.69, 9.17) is 9.47 Å². The molecule has 1 aromatic heterocycles. The number of likely N-dealkylation sites (tertiary alicyclic amines) is 1. The number of methoxy groups -OCH3 is 1. The standard InChI is InChI=1S/C13H21N3O3S/c1-10-12(20-15-14-10)13(17)16-5-3-11(4-6-16)9-19-8-7-18-2/h11H,3-9H2,1-2H3. The zero-order chi connectivity index (χ0) is 14.4. The average molecular weight is 299 g/mol. The first-order chi connectivity index (χ1) is 9.72. The first-order valence-electron chi connectivity index (χ1n) is 6.87. The molecule has 0 bridgehead atoms. The van der Waals surface area contributed by atoms with Gasteiger partial charge in [-0.25, -0.2) is 0 Å². The van der Waals surface area contributed by atoms with Gasteiger partial charge in [-0.15, -0.1) is 5.10 Å². The van der Waals surface area contributed by atoms with Crippen LogP contribution in [0.15, 0.2) is 0 Å². The summed E-state index contributed by atoms with van der Waals surface area (Å²) in [6, 6.07) is 0. The zero-order valence-electron chi connectivity index (χ0n) is 12.0. The van der Waals surface area contributed by atoms with Crippen molar-refractivity contribution < 1.29 is 14.3 Å². The molecule has 0 atom stereocenters. The van der Waals surface area contributed by atoms with Crippen LogP contribution in [0.3, 0.4) is 0 Å². The van der Waals surface area contributed by atoms with Crippen molar-refractivity contribution in [2.45, 2.75) is 19.8 Å². The van der Waals surface area contributed by atoms with Gasteiger partial charge < -0.3 is 14.4 Å². The Hall–Kier alpha value is -1.05. The minimum Gasteiger partial charge on any atom is -0.382 e. The molecule has 0 saturated carbocycles. The van der Waals surface area contributed by atoms with Gasteiger partial charge in [0.25, 0.3) is 5.91 Å². The van der Waals surface area contributed by atoms with Crippen LogP contribution in [0.2, 0.25) is 0 Å². The quantitative estimate of drug-likeness (QED) is 0.742. The molecule has 1 amide bonds. The molecule has 1 aliphatic rings. The fourth-order valence-corrected chi connectivity index (χ4v) is 2.89. The normalized spacial score (nSPS) is 16.6. The minimum atomic E-state index is 0.0660. The number of carbonyl (C=O) groups excluding carboxylic acids is 1. The van der Waals surface area contributed by atoms with Gasteiger partial charge in [0, 0.05) is 26.8 Å². The first kappa shape index (κ1) is 15.3. The van der Waals surface area contributed by atoms with Crippen LogP contribution in [-0.2, 0) is 9.47 Å². The number of hydrogen-bond acceptors (Lipinski definition) is 6. The van der Waals surface area contributed by atoms with Crippen molar-refractivity contribution in [1.29, 1.82) is 0 Å². The molecule has 0 aromatic carbocycles. The first-order valence-corrected chi connectivity index (χ1v) is 7.64. The van der Waals surface area contributed by atoms with Crippen molar-refractivity contribution in [2.75, 3.05) is 40.0 Å². The van der Waals surface area contributed by atoms with Crippen LogP contribution in [-0.4, -0.2) is 60.4 Å². The van der Waals surface area contributed by atoms with Gasteiger partial charge in [0.15, 0.2) is 0 Å². The molecular weight excluding hydrogens is 278 g/mol. The summed E-state index contributed by atoms with van der Waals surface area (Å²) >= 11 is 1.18. The Balaban J connectivity index is 1.74. The Kier molecular flexibility index (Phi) is 5.87. The zero-order valence-corrected chi connectivity index (χ0v) is 12.8. The van der Waals surface area contributed by atoms with Gasteiger partial charge in [0.1, 0.15) is 4.88 Å². The largest absolute Gasteiger partial charge is 0.382 e. The molecule has 0 spiro atoms. The summed E-state index contributed by atoms with van der Waals surface area (Å²) in [5.74, 6) is 0.604. The van der Waals surface area contributed by atoms with E-state index in [0.717, 1.165) is 38.2 Å². The van der Waals surface area contributed by atoms with Gasteiger partial charge in [0.2, 0.25) is 0 Å². The second kappa shape index (κ2) is 7.66. The van der Waals surface area contributed by atoms with Crippen LogP contribution >= 0.6 is 11.5 Å². The van der Waals surface area contributed by atoms with Gasteiger partial charge in [-0.3, -0.25) is 4.79 Å². The van der Waals surface area contributed by atoms with E-state index in [9.17, 15) is 4.79 Å². The lowest BCUT2D eigenvalue weighted by molar-refractivity contribution is 0.0328. The summed E-state index contributed by atoms with van der Waals surface area (Å²) in [5, 5.41) is 3.89. The Bertz CT molecular complexity index is 430. The summed E-state index contributed by atoms with van der Waals surface area (Å²) in [6.45, 7) is 5.43. The van der Waals surface area contributed by atoms with Gasteiger partial charge in [-0.05, 0) is 37.2 Å². The fourth-order valence-electron chi connectivity index (χ4n) is 2.27. The maximum atomic E-state index is 12.3. The molecule has 1 aromatic rings. The van der Waals surface area contributed by atoms with Gasteiger partial charge in [0.05, 0.1) is 18.9 Å². The fraction of sp³-hybridized carbons (Fsp3) is 0.769. The third kappa shape index (κ3) is 3.97. The van der Waals surface area contributed by atoms with Gasteiger partial charge >= 0.3 is 0 Å². The molecule has 1 saturated heterocycles. The Morgan fingerprint density at radius 3 is 2.75 bits per heavy atom. The summed E-state index contributed by atoms with van der Waals surface area (Å²) in [5.41, 5.74) is 0.727. The second-order valence-corrected chi connectivity index (χ2v) is 5.74. The molecule has 1 aliphatic heterocycles. The van der Waals surface area contributed by atoms with Crippen LogP contribution in [0.25, 0.3) is 0 Å². The molecule has 0 unspecified atom stereocenters. The van der Waals surface area contributed by atoms with E-state index >= 15 is 0 Å². The number of rotatable bonds is 6. The molecular formula is C13H21N3O3S. The van der Waals surface area contributed by atoms with Crippen LogP contribution in [0.5, 0.6) is 0 Å². The molecule has 0 N–H and O–H groups in total. The predicted molar refractivity (Wildman–Crippen MR) is 76.0 cm³/mol. The molecule has 6 nitrogen and oxygen atoms in total. The number of nitrogens with zero attached hydrogens (tertiary/aromatic N) is 3. The number of aryl methyl sites for hydroxylation is 1. The molecule has 0 aliphatic carbocycles. The molecule has 0 radical (unpaired) electrons. The van der Waals surface area contributed by atoms with Crippen LogP contribution < -0.4 is 0 Å². The van der Waals surface area contributed by atoms with Crippen LogP contribution in [0.1, 0.15) is 28.2 Å². The van der Waals surface area contributed by atoms with E-state index in [0.29, 0.717) is 24.0 Å². The van der Waals surface area contributed by atoms with Crippen molar-refractivity contribution in [1.82, 2.24) is 14.5 Å². The highest BCUT2D eigenvalue weighted by Gasteiger charge is 2.26. The highest BCUT2D eigenvalue weighted by atomic mass is 32.1. The van der Waals surface area contributed by atoms with Crippen molar-refractivity contribution >= 4 is 17.4 Å². The lowest BCUT2D eigenvalue weighted by Gasteiger charge is -2.31. The number of amides is 1. The molecule has 2 rings (SSSR count). The molecule has 20 heavy (non-hydrogen) atoms. The maximum absolute atomic E-state index is 12.3. The average Bonchev–Trinajstić information content (AvgIpc) is 2.90. The Labute approximate surface area is 123 Å². The van der Waals surface area contributed by atoms with E-state index in [1.54, 1.807) is 7.11 Å². The molecule has 2 heterocycles. The van der Waals surface area contributed by atoms with Crippen LogP contribution in [0.4, 0.5) is 0 Å². The molecule has 1 fully saturated rings. The highest BCUT2D eigenvalue weighted by Crippen LogP contribution is 2.21. The Morgan fingerprint density at radius 2 is 2.15 bits per heavy atom. The van der Waals surface area contributed by atoms with Crippen LogP contribution in [0, 0.1) is 12.8 Å². The van der Waals surface area contributed by atoms with E-state index in [1.165, 1.54) is 11.5 Å². The van der Waals surface area contributed by atoms with E-state index in [2.05, 4.69) is 9.59 Å². The molecule has 112 valence electrons. The summed E-state index contributed by atoms with van der Waals surface area (Å²) in [4.78, 5) is 14.9. The minimum absolute atomic E-state index is 0.0660. The van der Waals surface area contributed by atoms with Crippen molar-refractivity contribution in [3.8, 4) is 0 Å². The van der Waals surface area contributed by atoms with Crippen molar-refractivity contribution in [2.24, 2.45) is 5.92 Å². The second-order valence-electron chi connectivity index (χ2n) is 4.99. The Morgan fingerprint density at radius 1 is 1.40 bits per heavy atom. The summed E-state index contributed by atoms with van der Waals surface area (Å²) < 4.78 is 14.3. The molecule has 7 heteroatoms.